The van der Waals surface area contributed by atoms with Crippen molar-refractivity contribution < 1.29 is 0 Å². The molecule has 17 heavy (non-hydrogen) atoms. The molecule has 0 aliphatic carbocycles. The van der Waals surface area contributed by atoms with Crippen molar-refractivity contribution in [3.05, 3.63) is 16.1 Å². The maximum absolute atomic E-state index is 4.37. The molecule has 6 heteroatoms. The second-order valence-electron chi connectivity index (χ2n) is 3.35. The summed E-state index contributed by atoms with van der Waals surface area (Å²) in [5.74, 6) is 0.856. The molecule has 1 aromatic heterocycles. The van der Waals surface area contributed by atoms with E-state index in [4.69, 9.17) is 0 Å². The van der Waals surface area contributed by atoms with E-state index in [9.17, 15) is 0 Å². The van der Waals surface area contributed by atoms with Gasteiger partial charge in [-0.05, 0) is 13.3 Å². The predicted molar refractivity (Wildman–Crippen MR) is 85.6 cm³/mol. The number of nitrogens with zero attached hydrogens (tertiary/aromatic N) is 2. The summed E-state index contributed by atoms with van der Waals surface area (Å²) in [6.45, 7) is 5.97. The summed E-state index contributed by atoms with van der Waals surface area (Å²) in [6, 6.07) is 0. The van der Waals surface area contributed by atoms with Crippen LogP contribution in [0.25, 0.3) is 0 Å². The standard InChI is InChI=1S/C11H20N4S.HI/c1-4-9-8-15-10(16-9)6-7-14-11(12-3)13-5-2;/h8H,4-7H2,1-3H3,(H2,12,13,14);1H. The summed E-state index contributed by atoms with van der Waals surface area (Å²) in [5, 5.41) is 7.60. The van der Waals surface area contributed by atoms with Gasteiger partial charge in [0, 0.05) is 37.6 Å². The quantitative estimate of drug-likeness (QED) is 0.475. The highest BCUT2D eigenvalue weighted by Crippen LogP contribution is 2.13. The van der Waals surface area contributed by atoms with E-state index in [2.05, 4.69) is 34.5 Å². The zero-order valence-corrected chi connectivity index (χ0v) is 13.8. The number of rotatable bonds is 5. The largest absolute Gasteiger partial charge is 0.357 e. The van der Waals surface area contributed by atoms with Gasteiger partial charge in [-0.15, -0.1) is 35.3 Å². The molecule has 0 aromatic carbocycles. The van der Waals surface area contributed by atoms with Gasteiger partial charge in [-0.2, -0.15) is 0 Å². The summed E-state index contributed by atoms with van der Waals surface area (Å²) in [7, 11) is 1.78. The highest BCUT2D eigenvalue weighted by atomic mass is 127. The van der Waals surface area contributed by atoms with Crippen LogP contribution < -0.4 is 10.6 Å². The number of aromatic nitrogens is 1. The number of halogens is 1. The fourth-order valence-corrected chi connectivity index (χ4v) is 2.16. The molecular weight excluding hydrogens is 347 g/mol. The van der Waals surface area contributed by atoms with Crippen LogP contribution in [0.4, 0.5) is 0 Å². The molecule has 1 aromatic rings. The van der Waals surface area contributed by atoms with Crippen LogP contribution in [0, 0.1) is 0 Å². The first-order valence-electron chi connectivity index (χ1n) is 5.68. The molecule has 0 aliphatic rings. The van der Waals surface area contributed by atoms with Crippen LogP contribution in [-0.2, 0) is 12.8 Å². The molecule has 0 aliphatic heterocycles. The molecule has 0 spiro atoms. The highest BCUT2D eigenvalue weighted by Gasteiger charge is 2.01. The zero-order valence-electron chi connectivity index (χ0n) is 10.6. The van der Waals surface area contributed by atoms with Crippen molar-refractivity contribution in [2.75, 3.05) is 20.1 Å². The molecule has 98 valence electrons. The van der Waals surface area contributed by atoms with Gasteiger partial charge in [-0.1, -0.05) is 6.92 Å². The highest BCUT2D eigenvalue weighted by molar-refractivity contribution is 14.0. The molecular formula is C11H21IN4S. The summed E-state index contributed by atoms with van der Waals surface area (Å²) in [6.07, 6.45) is 4.00. The van der Waals surface area contributed by atoms with Crippen molar-refractivity contribution in [3.63, 3.8) is 0 Å². The van der Waals surface area contributed by atoms with Crippen molar-refractivity contribution in [1.82, 2.24) is 15.6 Å². The number of nitrogens with one attached hydrogen (secondary N) is 2. The van der Waals surface area contributed by atoms with Crippen molar-refractivity contribution in [2.24, 2.45) is 4.99 Å². The molecule has 4 nitrogen and oxygen atoms in total. The molecule has 0 unspecified atom stereocenters. The molecule has 1 heterocycles. The number of thiazole rings is 1. The minimum absolute atomic E-state index is 0. The van der Waals surface area contributed by atoms with Crippen molar-refractivity contribution in [1.29, 1.82) is 0 Å². The number of hydrogen-bond acceptors (Lipinski definition) is 3. The number of guanidine groups is 1. The molecule has 1 rings (SSSR count). The molecule has 0 atom stereocenters. The maximum Gasteiger partial charge on any atom is 0.190 e. The summed E-state index contributed by atoms with van der Waals surface area (Å²) < 4.78 is 0. The van der Waals surface area contributed by atoms with Crippen LogP contribution in [-0.4, -0.2) is 31.1 Å². The van der Waals surface area contributed by atoms with Gasteiger partial charge in [0.1, 0.15) is 0 Å². The first-order chi connectivity index (χ1) is 7.80. The Morgan fingerprint density at radius 2 is 2.18 bits per heavy atom. The first kappa shape index (κ1) is 16.6. The van der Waals surface area contributed by atoms with E-state index >= 15 is 0 Å². The van der Waals surface area contributed by atoms with Gasteiger partial charge in [0.15, 0.2) is 5.96 Å². The predicted octanol–water partition coefficient (Wildman–Crippen LogP) is 2.05. The summed E-state index contributed by atoms with van der Waals surface area (Å²) in [4.78, 5) is 9.83. The Balaban J connectivity index is 0.00000256. The Kier molecular flexibility index (Phi) is 9.43. The summed E-state index contributed by atoms with van der Waals surface area (Å²) in [5.41, 5.74) is 0. The van der Waals surface area contributed by atoms with E-state index in [0.29, 0.717) is 0 Å². The third-order valence-electron chi connectivity index (χ3n) is 2.15. The second-order valence-corrected chi connectivity index (χ2v) is 4.55. The summed E-state index contributed by atoms with van der Waals surface area (Å²) >= 11 is 1.79. The van der Waals surface area contributed by atoms with Crippen LogP contribution >= 0.6 is 35.3 Å². The smallest absolute Gasteiger partial charge is 0.190 e. The monoisotopic (exact) mass is 368 g/mol. The van der Waals surface area contributed by atoms with Crippen LogP contribution in [0.1, 0.15) is 23.7 Å². The molecule has 0 radical (unpaired) electrons. The van der Waals surface area contributed by atoms with Crippen LogP contribution in [0.3, 0.4) is 0 Å². The fourth-order valence-electron chi connectivity index (χ4n) is 1.30. The van der Waals surface area contributed by atoms with E-state index in [1.807, 2.05) is 6.20 Å². The Morgan fingerprint density at radius 1 is 1.41 bits per heavy atom. The van der Waals surface area contributed by atoms with Crippen LogP contribution in [0.5, 0.6) is 0 Å². The third kappa shape index (κ3) is 6.21. The Bertz CT molecular complexity index is 338. The lowest BCUT2D eigenvalue weighted by Crippen LogP contribution is -2.38. The average Bonchev–Trinajstić information content (AvgIpc) is 2.76. The van der Waals surface area contributed by atoms with Gasteiger partial charge < -0.3 is 10.6 Å². The lowest BCUT2D eigenvalue weighted by molar-refractivity contribution is 0.806. The van der Waals surface area contributed by atoms with E-state index in [1.54, 1.807) is 18.4 Å². The zero-order chi connectivity index (χ0) is 11.8. The Morgan fingerprint density at radius 3 is 2.71 bits per heavy atom. The average molecular weight is 368 g/mol. The minimum Gasteiger partial charge on any atom is -0.357 e. The molecule has 0 amide bonds. The Hall–Kier alpha value is -0.370. The minimum atomic E-state index is 0. The molecule has 0 saturated carbocycles. The fraction of sp³-hybridized carbons (Fsp3) is 0.636. The molecule has 0 saturated heterocycles. The van der Waals surface area contributed by atoms with Gasteiger partial charge >= 0.3 is 0 Å². The molecule has 0 bridgehead atoms. The number of hydrogen-bond donors (Lipinski definition) is 2. The van der Waals surface area contributed by atoms with Gasteiger partial charge in [0.25, 0.3) is 0 Å². The third-order valence-corrected chi connectivity index (χ3v) is 3.35. The maximum atomic E-state index is 4.37. The van der Waals surface area contributed by atoms with Crippen molar-refractivity contribution in [2.45, 2.75) is 26.7 Å². The second kappa shape index (κ2) is 9.64. The van der Waals surface area contributed by atoms with Crippen LogP contribution in [0.15, 0.2) is 11.2 Å². The van der Waals surface area contributed by atoms with E-state index in [-0.39, 0.29) is 24.0 Å². The van der Waals surface area contributed by atoms with Gasteiger partial charge in [-0.25, -0.2) is 4.98 Å². The van der Waals surface area contributed by atoms with Crippen molar-refractivity contribution >= 4 is 41.3 Å². The van der Waals surface area contributed by atoms with Gasteiger partial charge in [0.05, 0.1) is 5.01 Å². The van der Waals surface area contributed by atoms with E-state index in [0.717, 1.165) is 31.9 Å². The molecule has 2 N–H and O–H groups in total. The van der Waals surface area contributed by atoms with Crippen molar-refractivity contribution in [3.8, 4) is 0 Å². The topological polar surface area (TPSA) is 49.3 Å². The van der Waals surface area contributed by atoms with E-state index < -0.39 is 0 Å². The first-order valence-corrected chi connectivity index (χ1v) is 6.49. The molecule has 0 fully saturated rings. The van der Waals surface area contributed by atoms with Crippen LogP contribution in [0.2, 0.25) is 0 Å². The van der Waals surface area contributed by atoms with Gasteiger partial charge in [-0.3, -0.25) is 4.99 Å². The number of aryl methyl sites for hydroxylation is 1. The normalized spacial score (nSPS) is 10.9. The Labute approximate surface area is 124 Å². The lowest BCUT2D eigenvalue weighted by atomic mass is 10.4. The van der Waals surface area contributed by atoms with Gasteiger partial charge in [0.2, 0.25) is 0 Å². The SMILES string of the molecule is CCNC(=NC)NCCc1ncc(CC)s1.I. The number of aliphatic imine (C=N–C) groups is 1. The lowest BCUT2D eigenvalue weighted by Gasteiger charge is -2.08. The van der Waals surface area contributed by atoms with E-state index in [1.165, 1.54) is 9.88 Å².